The fraction of sp³-hybridized carbons (Fsp3) is 0.364. The van der Waals surface area contributed by atoms with E-state index in [-0.39, 0.29) is 17.8 Å². The molecule has 92 valence electrons. The largest absolute Gasteiger partial charge is 0.481 e. The minimum absolute atomic E-state index is 0.0740. The third kappa shape index (κ3) is 2.93. The van der Waals surface area contributed by atoms with Gasteiger partial charge in [0.15, 0.2) is 0 Å². The van der Waals surface area contributed by atoms with Crippen molar-refractivity contribution in [2.45, 2.75) is 25.7 Å². The number of nitro benzene ring substituents is 1. The molecule has 0 heterocycles. The summed E-state index contributed by atoms with van der Waals surface area (Å²) >= 11 is 0. The van der Waals surface area contributed by atoms with E-state index in [4.69, 9.17) is 10.8 Å². The first kappa shape index (κ1) is 13.0. The summed E-state index contributed by atoms with van der Waals surface area (Å²) < 4.78 is 0. The highest BCUT2D eigenvalue weighted by Crippen LogP contribution is 2.32. The number of carbonyl (C=O) groups is 1. The van der Waals surface area contributed by atoms with Crippen LogP contribution >= 0.6 is 0 Å². The number of benzene rings is 1. The Hall–Kier alpha value is -2.11. The van der Waals surface area contributed by atoms with Crippen LogP contribution in [0.5, 0.6) is 0 Å². The Morgan fingerprint density at radius 3 is 2.59 bits per heavy atom. The van der Waals surface area contributed by atoms with Crippen LogP contribution in [0, 0.1) is 10.1 Å². The number of rotatable bonds is 4. The zero-order chi connectivity index (χ0) is 13.2. The van der Waals surface area contributed by atoms with Crippen molar-refractivity contribution in [1.82, 2.24) is 0 Å². The number of carboxylic acid groups (broad SMARTS) is 1. The molecule has 0 fully saturated rings. The monoisotopic (exact) mass is 238 g/mol. The molecule has 6 heteroatoms. The van der Waals surface area contributed by atoms with Crippen LogP contribution in [0.3, 0.4) is 0 Å². The summed E-state index contributed by atoms with van der Waals surface area (Å²) in [4.78, 5) is 20.9. The van der Waals surface area contributed by atoms with Crippen LogP contribution in [-0.2, 0) is 10.2 Å². The van der Waals surface area contributed by atoms with Gasteiger partial charge in [-0.1, -0.05) is 19.9 Å². The minimum atomic E-state index is -0.950. The molecule has 0 bridgehead atoms. The number of nitrogens with zero attached hydrogens (tertiary/aromatic N) is 1. The molecular formula is C11H14N2O4. The zero-order valence-electron chi connectivity index (χ0n) is 9.64. The van der Waals surface area contributed by atoms with Gasteiger partial charge in [-0.2, -0.15) is 0 Å². The molecule has 0 aliphatic heterocycles. The lowest BCUT2D eigenvalue weighted by atomic mass is 9.81. The average molecular weight is 238 g/mol. The topological polar surface area (TPSA) is 106 Å². The molecule has 0 radical (unpaired) electrons. The molecule has 0 atom stereocenters. The second kappa shape index (κ2) is 4.40. The normalized spacial score (nSPS) is 11.2. The van der Waals surface area contributed by atoms with Crippen LogP contribution in [-0.4, -0.2) is 16.0 Å². The highest BCUT2D eigenvalue weighted by atomic mass is 16.6. The fourth-order valence-corrected chi connectivity index (χ4v) is 1.60. The van der Waals surface area contributed by atoms with Gasteiger partial charge in [-0.25, -0.2) is 0 Å². The first-order valence-corrected chi connectivity index (χ1v) is 5.00. The first-order chi connectivity index (χ1) is 7.74. The Morgan fingerprint density at radius 1 is 1.53 bits per heavy atom. The highest BCUT2D eigenvalue weighted by molar-refractivity contribution is 5.69. The lowest BCUT2D eigenvalue weighted by Crippen LogP contribution is -2.21. The van der Waals surface area contributed by atoms with Crippen molar-refractivity contribution in [3.63, 3.8) is 0 Å². The van der Waals surface area contributed by atoms with Crippen molar-refractivity contribution in [2.24, 2.45) is 0 Å². The summed E-state index contributed by atoms with van der Waals surface area (Å²) in [6, 6.07) is 4.38. The highest BCUT2D eigenvalue weighted by Gasteiger charge is 2.26. The van der Waals surface area contributed by atoms with Crippen LogP contribution in [0.1, 0.15) is 25.8 Å². The second-order valence-corrected chi connectivity index (χ2v) is 4.49. The first-order valence-electron chi connectivity index (χ1n) is 5.00. The van der Waals surface area contributed by atoms with Gasteiger partial charge < -0.3 is 10.8 Å². The molecule has 1 aromatic rings. The number of hydrogen-bond acceptors (Lipinski definition) is 4. The number of nitrogens with two attached hydrogens (primary N) is 1. The minimum Gasteiger partial charge on any atom is -0.481 e. The van der Waals surface area contributed by atoms with Crippen LogP contribution in [0.4, 0.5) is 11.4 Å². The van der Waals surface area contributed by atoms with E-state index in [2.05, 4.69) is 0 Å². The maximum Gasteiger partial charge on any atom is 0.304 e. The smallest absolute Gasteiger partial charge is 0.304 e. The number of nitrogen functional groups attached to an aromatic ring is 1. The molecule has 0 spiro atoms. The van der Waals surface area contributed by atoms with Crippen molar-refractivity contribution in [2.75, 3.05) is 5.73 Å². The second-order valence-electron chi connectivity index (χ2n) is 4.49. The van der Waals surface area contributed by atoms with Crippen LogP contribution in [0.25, 0.3) is 0 Å². The number of anilines is 1. The van der Waals surface area contributed by atoms with Crippen molar-refractivity contribution in [3.05, 3.63) is 33.9 Å². The van der Waals surface area contributed by atoms with Gasteiger partial charge in [0.1, 0.15) is 5.69 Å². The Labute approximate surface area is 98.2 Å². The van der Waals surface area contributed by atoms with E-state index in [0.29, 0.717) is 5.56 Å². The van der Waals surface area contributed by atoms with Crippen molar-refractivity contribution in [1.29, 1.82) is 0 Å². The van der Waals surface area contributed by atoms with E-state index < -0.39 is 16.3 Å². The predicted octanol–water partition coefficient (Wildman–Crippen LogP) is 1.93. The number of hydrogen-bond donors (Lipinski definition) is 2. The van der Waals surface area contributed by atoms with Crippen LogP contribution in [0.15, 0.2) is 18.2 Å². The van der Waals surface area contributed by atoms with Gasteiger partial charge in [0.05, 0.1) is 11.3 Å². The lowest BCUT2D eigenvalue weighted by Gasteiger charge is -2.22. The number of nitro groups is 1. The maximum atomic E-state index is 10.7. The number of aliphatic carboxylic acids is 1. The third-order valence-corrected chi connectivity index (χ3v) is 2.60. The SMILES string of the molecule is CC(C)(CC(=O)O)c1ccc(N)c([N+](=O)[O-])c1. The molecular weight excluding hydrogens is 224 g/mol. The molecule has 0 saturated heterocycles. The van der Waals surface area contributed by atoms with Crippen molar-refractivity contribution >= 4 is 17.3 Å². The van der Waals surface area contributed by atoms with Crippen LogP contribution < -0.4 is 5.73 Å². The summed E-state index contributed by atoms with van der Waals surface area (Å²) in [5, 5.41) is 19.5. The maximum absolute atomic E-state index is 10.7. The van der Waals surface area contributed by atoms with Gasteiger partial charge in [-0.05, 0) is 11.6 Å². The van der Waals surface area contributed by atoms with E-state index in [1.807, 2.05) is 0 Å². The van der Waals surface area contributed by atoms with Gasteiger partial charge >= 0.3 is 5.97 Å². The zero-order valence-corrected chi connectivity index (χ0v) is 9.64. The molecule has 1 rings (SSSR count). The molecule has 0 aliphatic carbocycles. The van der Waals surface area contributed by atoms with Gasteiger partial charge in [0.25, 0.3) is 5.69 Å². The molecule has 17 heavy (non-hydrogen) atoms. The molecule has 6 nitrogen and oxygen atoms in total. The van der Waals surface area contributed by atoms with E-state index in [0.717, 1.165) is 0 Å². The van der Waals surface area contributed by atoms with Crippen LogP contribution in [0.2, 0.25) is 0 Å². The molecule has 0 aliphatic rings. The summed E-state index contributed by atoms with van der Waals surface area (Å²) in [5.74, 6) is -0.950. The standard InChI is InChI=1S/C11H14N2O4/c1-11(2,6-10(14)15)7-3-4-8(12)9(5-7)13(16)17/h3-5H,6,12H2,1-2H3,(H,14,15). The van der Waals surface area contributed by atoms with Crippen molar-refractivity contribution in [3.8, 4) is 0 Å². The molecule has 0 saturated carbocycles. The Bertz CT molecular complexity index is 469. The summed E-state index contributed by atoms with van der Waals surface area (Å²) in [6.45, 7) is 3.44. The van der Waals surface area contributed by atoms with Gasteiger partial charge in [-0.3, -0.25) is 14.9 Å². The quantitative estimate of drug-likeness (QED) is 0.473. The Morgan fingerprint density at radius 2 is 2.12 bits per heavy atom. The summed E-state index contributed by atoms with van der Waals surface area (Å²) in [5.41, 5.74) is 5.27. The van der Waals surface area contributed by atoms with E-state index >= 15 is 0 Å². The molecule has 1 aromatic carbocycles. The lowest BCUT2D eigenvalue weighted by molar-refractivity contribution is -0.384. The molecule has 0 aromatic heterocycles. The summed E-state index contributed by atoms with van der Waals surface area (Å²) in [7, 11) is 0. The van der Waals surface area contributed by atoms with Crippen molar-refractivity contribution < 1.29 is 14.8 Å². The van der Waals surface area contributed by atoms with Gasteiger partial charge in [0, 0.05) is 11.5 Å². The van der Waals surface area contributed by atoms with Gasteiger partial charge in [0.2, 0.25) is 0 Å². The predicted molar refractivity (Wildman–Crippen MR) is 62.8 cm³/mol. The van der Waals surface area contributed by atoms with E-state index in [1.165, 1.54) is 12.1 Å². The molecule has 0 unspecified atom stereocenters. The van der Waals surface area contributed by atoms with E-state index in [9.17, 15) is 14.9 Å². The van der Waals surface area contributed by atoms with Gasteiger partial charge in [-0.15, -0.1) is 0 Å². The molecule has 0 amide bonds. The average Bonchev–Trinajstić information content (AvgIpc) is 2.15. The fourth-order valence-electron chi connectivity index (χ4n) is 1.60. The summed E-state index contributed by atoms with van der Waals surface area (Å²) in [6.07, 6.45) is -0.103. The number of carboxylic acids is 1. The Kier molecular flexibility index (Phi) is 3.36. The Balaban J connectivity index is 3.19. The molecule has 3 N–H and O–H groups in total. The third-order valence-electron chi connectivity index (χ3n) is 2.60. The van der Waals surface area contributed by atoms with E-state index in [1.54, 1.807) is 19.9 Å².